The Hall–Kier alpha value is -1.61. The van der Waals surface area contributed by atoms with Gasteiger partial charge in [0, 0.05) is 19.6 Å². The number of carboxylic acids is 1. The molecule has 1 saturated carbocycles. The van der Waals surface area contributed by atoms with E-state index >= 15 is 0 Å². The standard InChI is InChI=1S/C17H24N2OS.C2HF3O2/c20-16-17(6-9-19(16)12-14-1-2-14)4-7-18(8-5-17)11-15-3-10-21-13-15;3-2(4,5)1(6)7/h3,10,13-14H,1-2,4-9,11-12H2;(H,6,7). The van der Waals surface area contributed by atoms with Gasteiger partial charge in [0.2, 0.25) is 5.91 Å². The van der Waals surface area contributed by atoms with Crippen LogP contribution in [0.4, 0.5) is 13.2 Å². The zero-order valence-electron chi connectivity index (χ0n) is 15.6. The molecule has 9 heteroatoms. The number of nitrogens with zero attached hydrogens (tertiary/aromatic N) is 2. The van der Waals surface area contributed by atoms with Crippen LogP contribution in [0.3, 0.4) is 0 Å². The van der Waals surface area contributed by atoms with E-state index in [-0.39, 0.29) is 5.41 Å². The molecule has 3 aliphatic rings. The van der Waals surface area contributed by atoms with E-state index in [0.29, 0.717) is 5.91 Å². The molecule has 28 heavy (non-hydrogen) atoms. The van der Waals surface area contributed by atoms with Crippen molar-refractivity contribution in [3.05, 3.63) is 22.4 Å². The average Bonchev–Trinajstić information content (AvgIpc) is 3.23. The van der Waals surface area contributed by atoms with E-state index < -0.39 is 12.1 Å². The number of aliphatic carboxylic acids is 1. The number of rotatable bonds is 4. The van der Waals surface area contributed by atoms with Crippen molar-refractivity contribution in [2.45, 2.75) is 44.8 Å². The first-order valence-corrected chi connectivity index (χ1v) is 10.5. The van der Waals surface area contributed by atoms with Crippen LogP contribution in [0.1, 0.15) is 37.7 Å². The van der Waals surface area contributed by atoms with Gasteiger partial charge in [-0.05, 0) is 73.5 Å². The number of halogens is 3. The molecule has 0 aromatic carbocycles. The number of carbonyl (C=O) groups is 2. The van der Waals surface area contributed by atoms with Crippen LogP contribution in [0.2, 0.25) is 0 Å². The third-order valence-corrected chi connectivity index (χ3v) is 6.55. The third-order valence-electron chi connectivity index (χ3n) is 5.82. The van der Waals surface area contributed by atoms with Crippen LogP contribution in [0.15, 0.2) is 16.8 Å². The Kier molecular flexibility index (Phi) is 6.34. The van der Waals surface area contributed by atoms with E-state index in [1.54, 1.807) is 11.3 Å². The van der Waals surface area contributed by atoms with Crippen molar-refractivity contribution in [2.24, 2.45) is 11.3 Å². The van der Waals surface area contributed by atoms with Crippen molar-refractivity contribution in [3.63, 3.8) is 0 Å². The van der Waals surface area contributed by atoms with E-state index in [1.165, 1.54) is 18.4 Å². The first-order chi connectivity index (χ1) is 13.2. The molecule has 3 fully saturated rings. The number of amides is 1. The Morgan fingerprint density at radius 1 is 1.21 bits per heavy atom. The molecule has 0 bridgehead atoms. The van der Waals surface area contributed by atoms with Crippen LogP contribution in [0.25, 0.3) is 0 Å². The van der Waals surface area contributed by atoms with Gasteiger partial charge in [0.05, 0.1) is 5.41 Å². The number of hydrogen-bond donors (Lipinski definition) is 1. The summed E-state index contributed by atoms with van der Waals surface area (Å²) in [7, 11) is 0. The molecule has 4 rings (SSSR count). The molecule has 0 unspecified atom stereocenters. The molecular formula is C19H25F3N2O3S. The van der Waals surface area contributed by atoms with Crippen molar-refractivity contribution in [2.75, 3.05) is 26.2 Å². The van der Waals surface area contributed by atoms with Gasteiger partial charge in [-0.3, -0.25) is 9.69 Å². The molecule has 0 radical (unpaired) electrons. The third kappa shape index (κ3) is 5.26. The number of likely N-dealkylation sites (tertiary alicyclic amines) is 2. The summed E-state index contributed by atoms with van der Waals surface area (Å²) >= 11 is 1.77. The van der Waals surface area contributed by atoms with Crippen LogP contribution >= 0.6 is 11.3 Å². The fourth-order valence-corrected chi connectivity index (χ4v) is 4.58. The quantitative estimate of drug-likeness (QED) is 0.812. The minimum Gasteiger partial charge on any atom is -0.475 e. The highest BCUT2D eigenvalue weighted by Gasteiger charge is 2.48. The second kappa shape index (κ2) is 8.41. The lowest BCUT2D eigenvalue weighted by atomic mass is 9.77. The van der Waals surface area contributed by atoms with Crippen LogP contribution in [-0.2, 0) is 16.1 Å². The lowest BCUT2D eigenvalue weighted by molar-refractivity contribution is -0.192. The molecule has 1 spiro atoms. The summed E-state index contributed by atoms with van der Waals surface area (Å²) in [6.07, 6.45) is 0.829. The van der Waals surface area contributed by atoms with Crippen LogP contribution in [0.5, 0.6) is 0 Å². The van der Waals surface area contributed by atoms with Gasteiger partial charge in [-0.25, -0.2) is 4.79 Å². The Balaban J connectivity index is 0.000000279. The molecule has 1 amide bonds. The fourth-order valence-electron chi connectivity index (χ4n) is 3.92. The molecule has 2 saturated heterocycles. The molecule has 156 valence electrons. The summed E-state index contributed by atoms with van der Waals surface area (Å²) in [5.74, 6) is -1.46. The van der Waals surface area contributed by atoms with E-state index in [9.17, 15) is 18.0 Å². The van der Waals surface area contributed by atoms with Gasteiger partial charge in [-0.15, -0.1) is 0 Å². The van der Waals surface area contributed by atoms with Gasteiger partial charge >= 0.3 is 12.1 Å². The first kappa shape index (κ1) is 21.1. The van der Waals surface area contributed by atoms with Gasteiger partial charge in [-0.2, -0.15) is 24.5 Å². The summed E-state index contributed by atoms with van der Waals surface area (Å²) in [5, 5.41) is 11.5. The maximum absolute atomic E-state index is 12.8. The van der Waals surface area contributed by atoms with Crippen molar-refractivity contribution >= 4 is 23.2 Å². The van der Waals surface area contributed by atoms with Crippen LogP contribution in [-0.4, -0.2) is 59.1 Å². The lowest BCUT2D eigenvalue weighted by Gasteiger charge is -2.38. The van der Waals surface area contributed by atoms with Crippen molar-refractivity contribution in [1.29, 1.82) is 0 Å². The minimum absolute atomic E-state index is 0.0000359. The SMILES string of the molecule is O=C(O)C(F)(F)F.O=C1N(CC2CC2)CCC12CCN(Cc1ccsc1)CC2. The maximum Gasteiger partial charge on any atom is 0.490 e. The number of carboxylic acid groups (broad SMARTS) is 1. The van der Waals surface area contributed by atoms with Crippen molar-refractivity contribution in [1.82, 2.24) is 9.80 Å². The Morgan fingerprint density at radius 3 is 2.32 bits per heavy atom. The zero-order chi connectivity index (χ0) is 20.4. The minimum atomic E-state index is -5.08. The molecule has 2 aliphatic heterocycles. The molecule has 1 aliphatic carbocycles. The summed E-state index contributed by atoms with van der Waals surface area (Å²) in [6.45, 7) is 5.27. The molecule has 1 N–H and O–H groups in total. The highest BCUT2D eigenvalue weighted by molar-refractivity contribution is 7.07. The highest BCUT2D eigenvalue weighted by atomic mass is 32.1. The summed E-state index contributed by atoms with van der Waals surface area (Å²) in [4.78, 5) is 26.4. The second-order valence-electron chi connectivity index (χ2n) is 7.94. The number of hydrogen-bond acceptors (Lipinski definition) is 4. The number of thiophene rings is 1. The van der Waals surface area contributed by atoms with Gasteiger partial charge in [0.25, 0.3) is 0 Å². The summed E-state index contributed by atoms with van der Waals surface area (Å²) in [5.41, 5.74) is 1.42. The van der Waals surface area contributed by atoms with Crippen molar-refractivity contribution < 1.29 is 27.9 Å². The zero-order valence-corrected chi connectivity index (χ0v) is 16.4. The number of alkyl halides is 3. The fraction of sp³-hybridized carbons (Fsp3) is 0.684. The number of carbonyl (C=O) groups excluding carboxylic acids is 1. The molecule has 5 nitrogen and oxygen atoms in total. The Labute approximate surface area is 166 Å². The predicted octanol–water partition coefficient (Wildman–Crippen LogP) is 3.61. The first-order valence-electron chi connectivity index (χ1n) is 9.52. The maximum atomic E-state index is 12.8. The van der Waals surface area contributed by atoms with Gasteiger partial charge in [0.15, 0.2) is 0 Å². The van der Waals surface area contributed by atoms with E-state index in [4.69, 9.17) is 9.90 Å². The molecular weight excluding hydrogens is 393 g/mol. The second-order valence-corrected chi connectivity index (χ2v) is 8.72. The molecule has 1 aromatic rings. The molecule has 3 heterocycles. The summed E-state index contributed by atoms with van der Waals surface area (Å²) < 4.78 is 31.7. The molecule has 1 aromatic heterocycles. The number of piperidine rings is 1. The van der Waals surface area contributed by atoms with E-state index in [1.807, 2.05) is 0 Å². The Bertz CT molecular complexity index is 681. The highest BCUT2D eigenvalue weighted by Crippen LogP contribution is 2.43. The van der Waals surface area contributed by atoms with E-state index in [2.05, 4.69) is 26.6 Å². The average molecular weight is 418 g/mol. The van der Waals surface area contributed by atoms with Gasteiger partial charge in [-0.1, -0.05) is 0 Å². The largest absolute Gasteiger partial charge is 0.490 e. The smallest absolute Gasteiger partial charge is 0.475 e. The lowest BCUT2D eigenvalue weighted by Crippen LogP contribution is -2.44. The van der Waals surface area contributed by atoms with Crippen LogP contribution < -0.4 is 0 Å². The normalized spacial score (nSPS) is 22.2. The van der Waals surface area contributed by atoms with Gasteiger partial charge in [0.1, 0.15) is 0 Å². The van der Waals surface area contributed by atoms with Crippen molar-refractivity contribution in [3.8, 4) is 0 Å². The van der Waals surface area contributed by atoms with Gasteiger partial charge < -0.3 is 10.0 Å². The topological polar surface area (TPSA) is 60.9 Å². The Morgan fingerprint density at radius 2 is 1.82 bits per heavy atom. The molecule has 0 atom stereocenters. The summed E-state index contributed by atoms with van der Waals surface area (Å²) in [6, 6.07) is 2.22. The monoisotopic (exact) mass is 418 g/mol. The van der Waals surface area contributed by atoms with Crippen LogP contribution in [0, 0.1) is 11.3 Å². The van der Waals surface area contributed by atoms with E-state index in [0.717, 1.165) is 57.9 Å². The predicted molar refractivity (Wildman–Crippen MR) is 98.9 cm³/mol.